The topological polar surface area (TPSA) is 83.3 Å². The summed E-state index contributed by atoms with van der Waals surface area (Å²) in [6.07, 6.45) is 3.31. The molecule has 4 N–H and O–H groups in total. The predicted octanol–water partition coefficient (Wildman–Crippen LogP) is 2.10. The molecule has 0 radical (unpaired) electrons. The van der Waals surface area contributed by atoms with Crippen LogP contribution in [0.5, 0.6) is 0 Å². The first-order valence-corrected chi connectivity index (χ1v) is 7.21. The van der Waals surface area contributed by atoms with Crippen LogP contribution in [-0.2, 0) is 4.79 Å². The SMILES string of the molecule is NNc1nc(NCC(=O)N2CCCCC2)c(Cl)cc1Cl. The van der Waals surface area contributed by atoms with Gasteiger partial charge in [0, 0.05) is 13.1 Å². The zero-order chi connectivity index (χ0) is 14.5. The Balaban J connectivity index is 1.97. The van der Waals surface area contributed by atoms with Gasteiger partial charge in [0.1, 0.15) is 5.82 Å². The highest BCUT2D eigenvalue weighted by Crippen LogP contribution is 2.28. The smallest absolute Gasteiger partial charge is 0.241 e. The van der Waals surface area contributed by atoms with Crippen LogP contribution in [0.15, 0.2) is 6.07 Å². The van der Waals surface area contributed by atoms with Crippen LogP contribution in [0.2, 0.25) is 10.0 Å². The lowest BCUT2D eigenvalue weighted by molar-refractivity contribution is -0.130. The van der Waals surface area contributed by atoms with E-state index in [1.54, 1.807) is 0 Å². The van der Waals surface area contributed by atoms with E-state index in [2.05, 4.69) is 15.7 Å². The standard InChI is InChI=1S/C12H17Cl2N5O/c13-8-6-9(14)12(18-15)17-11(8)16-7-10(20)19-4-2-1-3-5-19/h6H,1-5,7,15H2,(H2,16,17,18). The summed E-state index contributed by atoms with van der Waals surface area (Å²) < 4.78 is 0. The number of carbonyl (C=O) groups is 1. The summed E-state index contributed by atoms with van der Waals surface area (Å²) in [4.78, 5) is 18.0. The molecule has 1 aromatic heterocycles. The van der Waals surface area contributed by atoms with Crippen molar-refractivity contribution >= 4 is 40.7 Å². The molecule has 1 fully saturated rings. The Morgan fingerprint density at radius 1 is 1.25 bits per heavy atom. The molecular weight excluding hydrogens is 301 g/mol. The van der Waals surface area contributed by atoms with E-state index in [9.17, 15) is 4.79 Å². The average Bonchev–Trinajstić information content (AvgIpc) is 2.47. The number of nitrogens with two attached hydrogens (primary N) is 1. The van der Waals surface area contributed by atoms with Crippen molar-refractivity contribution in [1.82, 2.24) is 9.88 Å². The van der Waals surface area contributed by atoms with Gasteiger partial charge in [-0.05, 0) is 25.3 Å². The molecule has 6 nitrogen and oxygen atoms in total. The monoisotopic (exact) mass is 317 g/mol. The Bertz CT molecular complexity index is 491. The molecule has 0 atom stereocenters. The third kappa shape index (κ3) is 3.65. The Labute approximate surface area is 127 Å². The maximum Gasteiger partial charge on any atom is 0.241 e. The number of nitrogens with one attached hydrogen (secondary N) is 2. The highest BCUT2D eigenvalue weighted by molar-refractivity contribution is 6.37. The largest absolute Gasteiger partial charge is 0.360 e. The fourth-order valence-electron chi connectivity index (χ4n) is 2.11. The lowest BCUT2D eigenvalue weighted by Crippen LogP contribution is -2.39. The normalized spacial score (nSPS) is 15.1. The van der Waals surface area contributed by atoms with Crippen LogP contribution in [0.25, 0.3) is 0 Å². The first kappa shape index (κ1) is 15.2. The lowest BCUT2D eigenvalue weighted by Gasteiger charge is -2.26. The molecule has 1 saturated heterocycles. The number of hydrogen-bond acceptors (Lipinski definition) is 5. The van der Waals surface area contributed by atoms with Gasteiger partial charge < -0.3 is 15.6 Å². The van der Waals surface area contributed by atoms with Crippen LogP contribution >= 0.6 is 23.2 Å². The summed E-state index contributed by atoms with van der Waals surface area (Å²) >= 11 is 11.9. The van der Waals surface area contributed by atoms with E-state index in [1.165, 1.54) is 12.5 Å². The second-order valence-electron chi connectivity index (χ2n) is 4.59. The zero-order valence-corrected chi connectivity index (χ0v) is 12.5. The molecule has 0 aromatic carbocycles. The van der Waals surface area contributed by atoms with Gasteiger partial charge in [0.25, 0.3) is 0 Å². The zero-order valence-electron chi connectivity index (χ0n) is 11.0. The van der Waals surface area contributed by atoms with Gasteiger partial charge in [-0.25, -0.2) is 10.8 Å². The number of nitrogen functional groups attached to an aromatic ring is 1. The number of pyridine rings is 1. The number of hydrogen-bond donors (Lipinski definition) is 3. The third-order valence-corrected chi connectivity index (χ3v) is 3.76. The number of hydrazine groups is 1. The van der Waals surface area contributed by atoms with Gasteiger partial charge in [0.15, 0.2) is 5.82 Å². The number of amides is 1. The van der Waals surface area contributed by atoms with Gasteiger partial charge >= 0.3 is 0 Å². The minimum Gasteiger partial charge on any atom is -0.360 e. The second-order valence-corrected chi connectivity index (χ2v) is 5.40. The number of aromatic nitrogens is 1. The van der Waals surface area contributed by atoms with Crippen molar-refractivity contribution in [3.05, 3.63) is 16.1 Å². The van der Waals surface area contributed by atoms with Crippen LogP contribution in [0.1, 0.15) is 19.3 Å². The molecule has 2 heterocycles. The highest BCUT2D eigenvalue weighted by atomic mass is 35.5. The average molecular weight is 318 g/mol. The van der Waals surface area contributed by atoms with Crippen LogP contribution in [-0.4, -0.2) is 35.4 Å². The van der Waals surface area contributed by atoms with Crippen molar-refractivity contribution in [3.8, 4) is 0 Å². The Morgan fingerprint density at radius 2 is 1.90 bits per heavy atom. The number of halogens is 2. The van der Waals surface area contributed by atoms with Crippen molar-refractivity contribution in [3.63, 3.8) is 0 Å². The van der Waals surface area contributed by atoms with Crippen molar-refractivity contribution in [2.75, 3.05) is 30.4 Å². The summed E-state index contributed by atoms with van der Waals surface area (Å²) in [6.45, 7) is 1.79. The maximum atomic E-state index is 12.0. The molecule has 1 amide bonds. The van der Waals surface area contributed by atoms with E-state index >= 15 is 0 Å². The fraction of sp³-hybridized carbons (Fsp3) is 0.500. The molecule has 1 aliphatic rings. The summed E-state index contributed by atoms with van der Waals surface area (Å²) in [5.74, 6) is 6.03. The van der Waals surface area contributed by atoms with Crippen LogP contribution < -0.4 is 16.6 Å². The van der Waals surface area contributed by atoms with Crippen LogP contribution in [0.3, 0.4) is 0 Å². The number of likely N-dealkylation sites (tertiary alicyclic amines) is 1. The van der Waals surface area contributed by atoms with Gasteiger partial charge in [-0.15, -0.1) is 0 Å². The molecular formula is C12H17Cl2N5O. The summed E-state index contributed by atoms with van der Waals surface area (Å²) in [5, 5.41) is 3.60. The molecule has 110 valence electrons. The molecule has 0 saturated carbocycles. The molecule has 1 aliphatic heterocycles. The van der Waals surface area contributed by atoms with E-state index < -0.39 is 0 Å². The number of piperidine rings is 1. The number of anilines is 2. The van der Waals surface area contributed by atoms with Gasteiger partial charge in [0.2, 0.25) is 5.91 Å². The Kier molecular flexibility index (Phi) is 5.28. The summed E-state index contributed by atoms with van der Waals surface area (Å²) in [6, 6.07) is 1.53. The first-order valence-electron chi connectivity index (χ1n) is 6.46. The van der Waals surface area contributed by atoms with Crippen molar-refractivity contribution < 1.29 is 4.79 Å². The van der Waals surface area contributed by atoms with Crippen molar-refractivity contribution in [1.29, 1.82) is 0 Å². The first-order chi connectivity index (χ1) is 9.61. The molecule has 0 unspecified atom stereocenters. The molecule has 1 aromatic rings. The molecule has 0 aliphatic carbocycles. The minimum atomic E-state index is 0.0415. The van der Waals surface area contributed by atoms with E-state index in [4.69, 9.17) is 29.0 Å². The number of rotatable bonds is 4. The van der Waals surface area contributed by atoms with E-state index in [0.29, 0.717) is 21.7 Å². The molecule has 2 rings (SSSR count). The summed E-state index contributed by atoms with van der Waals surface area (Å²) in [7, 11) is 0. The van der Waals surface area contributed by atoms with Crippen LogP contribution in [0, 0.1) is 0 Å². The van der Waals surface area contributed by atoms with Crippen molar-refractivity contribution in [2.24, 2.45) is 5.84 Å². The predicted molar refractivity (Wildman–Crippen MR) is 81.0 cm³/mol. The van der Waals surface area contributed by atoms with Gasteiger partial charge in [-0.1, -0.05) is 23.2 Å². The van der Waals surface area contributed by atoms with Gasteiger partial charge in [0.05, 0.1) is 16.6 Å². The fourth-order valence-corrected chi connectivity index (χ4v) is 2.59. The highest BCUT2D eigenvalue weighted by Gasteiger charge is 2.17. The molecule has 0 bridgehead atoms. The molecule has 0 spiro atoms. The van der Waals surface area contributed by atoms with Crippen molar-refractivity contribution in [2.45, 2.75) is 19.3 Å². The molecule has 20 heavy (non-hydrogen) atoms. The lowest BCUT2D eigenvalue weighted by atomic mass is 10.1. The number of carbonyl (C=O) groups excluding carboxylic acids is 1. The van der Waals surface area contributed by atoms with E-state index in [-0.39, 0.29) is 12.5 Å². The molecule has 8 heteroatoms. The Morgan fingerprint density at radius 3 is 2.55 bits per heavy atom. The minimum absolute atomic E-state index is 0.0415. The van der Waals surface area contributed by atoms with Gasteiger partial charge in [-0.3, -0.25) is 4.79 Å². The van der Waals surface area contributed by atoms with Crippen LogP contribution in [0.4, 0.5) is 11.6 Å². The quantitative estimate of drug-likeness (QED) is 0.585. The van der Waals surface area contributed by atoms with E-state index in [1.807, 2.05) is 4.90 Å². The summed E-state index contributed by atoms with van der Waals surface area (Å²) in [5.41, 5.74) is 2.38. The third-order valence-electron chi connectivity index (χ3n) is 3.18. The van der Waals surface area contributed by atoms with E-state index in [0.717, 1.165) is 25.9 Å². The number of nitrogens with zero attached hydrogens (tertiary/aromatic N) is 2. The Hall–Kier alpha value is -1.24. The van der Waals surface area contributed by atoms with Gasteiger partial charge in [-0.2, -0.15) is 0 Å². The maximum absolute atomic E-state index is 12.0. The second kappa shape index (κ2) is 6.97.